The van der Waals surface area contributed by atoms with E-state index >= 15 is 0 Å². The molecule has 0 unspecified atom stereocenters. The molecule has 3 aromatic rings. The maximum atomic E-state index is 12.4. The number of hydrogen-bond donors (Lipinski definition) is 2. The van der Waals surface area contributed by atoms with E-state index in [1.54, 1.807) is 19.1 Å². The van der Waals surface area contributed by atoms with Crippen LogP contribution in [0.3, 0.4) is 0 Å². The molecule has 0 bridgehead atoms. The summed E-state index contributed by atoms with van der Waals surface area (Å²) in [5.74, 6) is -1.22. The third-order valence-electron chi connectivity index (χ3n) is 3.89. The fraction of sp³-hybridized carbons (Fsp3) is 0.0526. The van der Waals surface area contributed by atoms with Gasteiger partial charge in [-0.25, -0.2) is 4.79 Å². The fourth-order valence-electron chi connectivity index (χ4n) is 2.51. The van der Waals surface area contributed by atoms with E-state index in [0.29, 0.717) is 22.6 Å². The molecule has 0 aliphatic carbocycles. The predicted octanol–water partition coefficient (Wildman–Crippen LogP) is 4.11. The first kappa shape index (κ1) is 17.9. The molecule has 1 amide bonds. The molecule has 0 aliphatic rings. The van der Waals surface area contributed by atoms with E-state index in [1.807, 2.05) is 0 Å². The minimum absolute atomic E-state index is 0.0261. The van der Waals surface area contributed by atoms with Crippen molar-refractivity contribution >= 4 is 23.3 Å². The van der Waals surface area contributed by atoms with Gasteiger partial charge in [0, 0.05) is 23.4 Å². The minimum atomic E-state index is -1.05. The molecule has 0 atom stereocenters. The Morgan fingerprint density at radius 1 is 1.11 bits per heavy atom. The summed E-state index contributed by atoms with van der Waals surface area (Å²) in [5.41, 5.74) is 1.57. The highest BCUT2D eigenvalue weighted by atomic mass is 16.6. The van der Waals surface area contributed by atoms with Gasteiger partial charge in [0.15, 0.2) is 5.76 Å². The Morgan fingerprint density at radius 3 is 2.56 bits per heavy atom. The molecular weight excluding hydrogens is 352 g/mol. The molecule has 136 valence electrons. The Labute approximate surface area is 153 Å². The first-order valence-corrected chi connectivity index (χ1v) is 7.85. The van der Waals surface area contributed by atoms with Crippen molar-refractivity contribution in [2.45, 2.75) is 6.92 Å². The highest BCUT2D eigenvalue weighted by molar-refractivity contribution is 6.03. The summed E-state index contributed by atoms with van der Waals surface area (Å²) < 4.78 is 5.51. The lowest BCUT2D eigenvalue weighted by atomic mass is 10.1. The normalized spacial score (nSPS) is 10.4. The van der Waals surface area contributed by atoms with Crippen molar-refractivity contribution in [3.63, 3.8) is 0 Å². The van der Waals surface area contributed by atoms with Crippen molar-refractivity contribution in [1.82, 2.24) is 0 Å². The number of aromatic carboxylic acids is 1. The number of hydrogen-bond acceptors (Lipinski definition) is 5. The number of nitrogens with one attached hydrogen (secondary N) is 1. The molecule has 0 radical (unpaired) electrons. The number of nitro benzene ring substituents is 1. The van der Waals surface area contributed by atoms with E-state index in [1.165, 1.54) is 42.5 Å². The van der Waals surface area contributed by atoms with Crippen LogP contribution >= 0.6 is 0 Å². The summed E-state index contributed by atoms with van der Waals surface area (Å²) in [5, 5.41) is 22.5. The number of nitrogens with zero attached hydrogens (tertiary/aromatic N) is 1. The fourth-order valence-corrected chi connectivity index (χ4v) is 2.51. The van der Waals surface area contributed by atoms with Gasteiger partial charge in [0.25, 0.3) is 11.6 Å². The van der Waals surface area contributed by atoms with E-state index in [4.69, 9.17) is 9.52 Å². The lowest BCUT2D eigenvalue weighted by Crippen LogP contribution is -2.12. The summed E-state index contributed by atoms with van der Waals surface area (Å²) in [7, 11) is 0. The summed E-state index contributed by atoms with van der Waals surface area (Å²) in [6, 6.07) is 13.3. The topological polar surface area (TPSA) is 123 Å². The van der Waals surface area contributed by atoms with Gasteiger partial charge in [-0.15, -0.1) is 0 Å². The Balaban J connectivity index is 1.80. The van der Waals surface area contributed by atoms with Crippen LogP contribution in [-0.4, -0.2) is 21.9 Å². The van der Waals surface area contributed by atoms with Crippen molar-refractivity contribution < 1.29 is 24.0 Å². The zero-order valence-corrected chi connectivity index (χ0v) is 14.1. The molecule has 0 aliphatic heterocycles. The Kier molecular flexibility index (Phi) is 4.71. The molecular formula is C19H14N2O6. The summed E-state index contributed by atoms with van der Waals surface area (Å²) in [4.78, 5) is 33.7. The lowest BCUT2D eigenvalue weighted by Gasteiger charge is -2.08. The molecule has 8 heteroatoms. The molecule has 2 N–H and O–H groups in total. The van der Waals surface area contributed by atoms with Crippen molar-refractivity contribution in [1.29, 1.82) is 0 Å². The van der Waals surface area contributed by atoms with E-state index in [-0.39, 0.29) is 17.0 Å². The number of non-ortho nitro benzene ring substituents is 1. The number of amides is 1. The second kappa shape index (κ2) is 7.12. The van der Waals surface area contributed by atoms with E-state index in [0.717, 1.165) is 0 Å². The molecule has 1 heterocycles. The average Bonchev–Trinajstić information content (AvgIpc) is 3.13. The Morgan fingerprint density at radius 2 is 1.89 bits per heavy atom. The van der Waals surface area contributed by atoms with Gasteiger partial charge in [0.2, 0.25) is 0 Å². The molecule has 3 rings (SSSR count). The van der Waals surface area contributed by atoms with Crippen LogP contribution in [0.25, 0.3) is 11.3 Å². The van der Waals surface area contributed by atoms with Gasteiger partial charge in [0.1, 0.15) is 5.76 Å². The molecule has 2 aromatic carbocycles. The van der Waals surface area contributed by atoms with Crippen LogP contribution in [-0.2, 0) is 0 Å². The number of rotatable bonds is 5. The van der Waals surface area contributed by atoms with Crippen molar-refractivity contribution in [2.75, 3.05) is 5.32 Å². The molecule has 0 fully saturated rings. The van der Waals surface area contributed by atoms with Gasteiger partial charge in [-0.1, -0.05) is 12.1 Å². The smallest absolute Gasteiger partial charge is 0.335 e. The van der Waals surface area contributed by atoms with Crippen LogP contribution in [0, 0.1) is 17.0 Å². The molecule has 0 spiro atoms. The first-order chi connectivity index (χ1) is 12.8. The quantitative estimate of drug-likeness (QED) is 0.517. The Bertz CT molecular complexity index is 1050. The summed E-state index contributed by atoms with van der Waals surface area (Å²) in [6.45, 7) is 1.68. The maximum absolute atomic E-state index is 12.4. The molecule has 0 saturated heterocycles. The summed E-state index contributed by atoms with van der Waals surface area (Å²) in [6.07, 6.45) is 0. The molecule has 1 aromatic heterocycles. The van der Waals surface area contributed by atoms with Crippen molar-refractivity contribution in [2.24, 2.45) is 0 Å². The number of carboxylic acids is 1. The second-order valence-corrected chi connectivity index (χ2v) is 5.76. The largest absolute Gasteiger partial charge is 0.478 e. The number of nitro groups is 1. The monoisotopic (exact) mass is 366 g/mol. The highest BCUT2D eigenvalue weighted by Gasteiger charge is 2.15. The summed E-state index contributed by atoms with van der Waals surface area (Å²) >= 11 is 0. The van der Waals surface area contributed by atoms with Crippen LogP contribution in [0.4, 0.5) is 11.4 Å². The number of carbonyl (C=O) groups excluding carboxylic acids is 1. The van der Waals surface area contributed by atoms with Crippen LogP contribution in [0.2, 0.25) is 0 Å². The van der Waals surface area contributed by atoms with Gasteiger partial charge in [-0.2, -0.15) is 0 Å². The van der Waals surface area contributed by atoms with Crippen molar-refractivity contribution in [3.05, 3.63) is 81.6 Å². The zero-order valence-electron chi connectivity index (χ0n) is 14.1. The van der Waals surface area contributed by atoms with E-state index < -0.39 is 16.8 Å². The average molecular weight is 366 g/mol. The first-order valence-electron chi connectivity index (χ1n) is 7.85. The third kappa shape index (κ3) is 3.84. The lowest BCUT2D eigenvalue weighted by molar-refractivity contribution is -0.384. The highest BCUT2D eigenvalue weighted by Crippen LogP contribution is 2.26. The van der Waals surface area contributed by atoms with E-state index in [2.05, 4.69) is 5.32 Å². The second-order valence-electron chi connectivity index (χ2n) is 5.76. The van der Waals surface area contributed by atoms with Gasteiger partial charge < -0.3 is 14.8 Å². The van der Waals surface area contributed by atoms with Gasteiger partial charge >= 0.3 is 5.97 Å². The number of aryl methyl sites for hydroxylation is 1. The molecule has 27 heavy (non-hydrogen) atoms. The number of furan rings is 1. The third-order valence-corrected chi connectivity index (χ3v) is 3.89. The number of carboxylic acid groups (broad SMARTS) is 1. The number of carbonyl (C=O) groups is 2. The SMILES string of the molecule is Cc1cc(C(=O)O)ccc1NC(=O)c1ccc(-c2cccc([N+](=O)[O-])c2)o1. The minimum Gasteiger partial charge on any atom is -0.478 e. The van der Waals surface area contributed by atoms with Crippen LogP contribution in [0.5, 0.6) is 0 Å². The van der Waals surface area contributed by atoms with Crippen LogP contribution in [0.1, 0.15) is 26.5 Å². The van der Waals surface area contributed by atoms with Gasteiger partial charge in [-0.05, 0) is 42.8 Å². The number of benzene rings is 2. The van der Waals surface area contributed by atoms with Crippen LogP contribution in [0.15, 0.2) is 59.0 Å². The predicted molar refractivity (Wildman–Crippen MR) is 96.9 cm³/mol. The van der Waals surface area contributed by atoms with Gasteiger partial charge in [-0.3, -0.25) is 14.9 Å². The van der Waals surface area contributed by atoms with E-state index in [9.17, 15) is 19.7 Å². The molecule has 0 saturated carbocycles. The zero-order chi connectivity index (χ0) is 19.6. The van der Waals surface area contributed by atoms with Gasteiger partial charge in [0.05, 0.1) is 10.5 Å². The Hall–Kier alpha value is -3.94. The van der Waals surface area contributed by atoms with Crippen LogP contribution < -0.4 is 5.32 Å². The number of anilines is 1. The van der Waals surface area contributed by atoms with Crippen molar-refractivity contribution in [3.8, 4) is 11.3 Å². The molecule has 8 nitrogen and oxygen atoms in total. The maximum Gasteiger partial charge on any atom is 0.335 e. The standard InChI is InChI=1S/C19H14N2O6/c1-11-9-13(19(23)24)5-6-15(11)20-18(22)17-8-7-16(27-17)12-3-2-4-14(10-12)21(25)26/h2-10H,1H3,(H,20,22)(H,23,24).